The first kappa shape index (κ1) is 27.3. The minimum atomic E-state index is -0.819. The number of rotatable bonds is 7. The third-order valence-corrected chi connectivity index (χ3v) is 8.14. The molecule has 1 aromatic heterocycles. The summed E-state index contributed by atoms with van der Waals surface area (Å²) in [6, 6.07) is 11.2. The number of carbonyl (C=O) groups is 1. The summed E-state index contributed by atoms with van der Waals surface area (Å²) in [5.74, 6) is -0.0374. The molecule has 40 heavy (non-hydrogen) atoms. The lowest BCUT2D eigenvalue weighted by molar-refractivity contribution is -0.384. The van der Waals surface area contributed by atoms with E-state index in [2.05, 4.69) is 9.89 Å². The highest BCUT2D eigenvalue weighted by molar-refractivity contribution is 7.07. The van der Waals surface area contributed by atoms with Crippen molar-refractivity contribution in [2.24, 2.45) is 4.99 Å². The number of anilines is 1. The molecule has 2 aliphatic rings. The number of ether oxygens (including phenoxy) is 2. The molecule has 208 valence electrons. The number of non-ortho nitro benzene ring substituents is 1. The minimum absolute atomic E-state index is 0.0490. The number of benzene rings is 2. The number of hydrogen-bond acceptors (Lipinski definition) is 9. The van der Waals surface area contributed by atoms with E-state index in [-0.39, 0.29) is 23.4 Å². The van der Waals surface area contributed by atoms with E-state index < -0.39 is 16.9 Å². The number of nitro groups is 1. The lowest BCUT2D eigenvalue weighted by atomic mass is 9.95. The van der Waals surface area contributed by atoms with Gasteiger partial charge in [-0.1, -0.05) is 29.5 Å². The van der Waals surface area contributed by atoms with Gasteiger partial charge in [-0.3, -0.25) is 19.5 Å². The summed E-state index contributed by atoms with van der Waals surface area (Å²) >= 11 is 1.18. The molecule has 0 bridgehead atoms. The van der Waals surface area contributed by atoms with Crippen LogP contribution in [-0.4, -0.2) is 42.3 Å². The van der Waals surface area contributed by atoms with Gasteiger partial charge in [-0.05, 0) is 51.3 Å². The van der Waals surface area contributed by atoms with Gasteiger partial charge in [0.05, 0.1) is 34.4 Å². The lowest BCUT2D eigenvalue weighted by Gasteiger charge is -2.30. The largest absolute Gasteiger partial charge is 0.496 e. The lowest BCUT2D eigenvalue weighted by Crippen LogP contribution is -2.40. The van der Waals surface area contributed by atoms with Crippen LogP contribution in [0.2, 0.25) is 0 Å². The number of thiazole rings is 1. The van der Waals surface area contributed by atoms with Crippen LogP contribution < -0.4 is 24.5 Å². The molecule has 0 amide bonds. The molecule has 0 radical (unpaired) electrons. The number of piperidine rings is 1. The molecule has 0 saturated carbocycles. The molecule has 3 aromatic rings. The Balaban J connectivity index is 1.74. The average molecular weight is 563 g/mol. The molecule has 0 aliphatic carbocycles. The van der Waals surface area contributed by atoms with Gasteiger partial charge < -0.3 is 14.4 Å². The maximum absolute atomic E-state index is 14.1. The molecule has 5 rings (SSSR count). The molecular formula is C29H30N4O6S. The standard InChI is InChI=1S/C29H30N4O6S/c1-4-39-28(35)25-18(2)30-29-32(26(25)21-10-6-7-11-23(21)38-3)27(34)24(40-29)17-19-16-20(33(36)37)12-13-22(19)31-14-8-5-9-15-31/h6-7,10-13,16-17,26H,4-5,8-9,14-15H2,1-3H3/b24-17+/t26-/m1/s1. The first-order valence-electron chi connectivity index (χ1n) is 13.2. The maximum atomic E-state index is 14.1. The highest BCUT2D eigenvalue weighted by Gasteiger charge is 2.35. The Hall–Kier alpha value is -4.25. The highest BCUT2D eigenvalue weighted by Crippen LogP contribution is 2.36. The summed E-state index contributed by atoms with van der Waals surface area (Å²) in [7, 11) is 1.54. The van der Waals surface area contributed by atoms with E-state index in [4.69, 9.17) is 9.47 Å². The summed E-state index contributed by atoms with van der Waals surface area (Å²) in [6.07, 6.45) is 4.91. The van der Waals surface area contributed by atoms with Crippen LogP contribution in [0.25, 0.3) is 6.08 Å². The number of hydrogen-bond donors (Lipinski definition) is 0. The molecule has 3 heterocycles. The maximum Gasteiger partial charge on any atom is 0.338 e. The summed E-state index contributed by atoms with van der Waals surface area (Å²) < 4.78 is 12.8. The van der Waals surface area contributed by atoms with Crippen molar-refractivity contribution >= 4 is 34.8 Å². The Labute approximate surface area is 234 Å². The van der Waals surface area contributed by atoms with Crippen LogP contribution in [0.3, 0.4) is 0 Å². The van der Waals surface area contributed by atoms with Crippen molar-refractivity contribution in [3.63, 3.8) is 0 Å². The molecule has 11 heteroatoms. The van der Waals surface area contributed by atoms with Crippen LogP contribution in [0, 0.1) is 10.1 Å². The molecule has 1 atom stereocenters. The average Bonchev–Trinajstić information content (AvgIpc) is 3.26. The van der Waals surface area contributed by atoms with Gasteiger partial charge in [0.25, 0.3) is 11.2 Å². The smallest absolute Gasteiger partial charge is 0.338 e. The van der Waals surface area contributed by atoms with E-state index in [0.717, 1.165) is 38.0 Å². The van der Waals surface area contributed by atoms with Gasteiger partial charge in [0.15, 0.2) is 4.80 Å². The molecular weight excluding hydrogens is 532 g/mol. The number of aromatic nitrogens is 1. The number of fused-ring (bicyclic) bond motifs is 1. The second-order valence-corrected chi connectivity index (χ2v) is 10.6. The van der Waals surface area contributed by atoms with Gasteiger partial charge in [0, 0.05) is 42.0 Å². The number of esters is 1. The van der Waals surface area contributed by atoms with Crippen LogP contribution in [0.1, 0.15) is 50.3 Å². The van der Waals surface area contributed by atoms with Gasteiger partial charge in [-0.25, -0.2) is 9.79 Å². The molecule has 0 N–H and O–H groups in total. The van der Waals surface area contributed by atoms with Gasteiger partial charge in [-0.2, -0.15) is 0 Å². The molecule has 1 fully saturated rings. The molecule has 0 unspecified atom stereocenters. The fourth-order valence-corrected chi connectivity index (χ4v) is 6.35. The zero-order valence-electron chi connectivity index (χ0n) is 22.6. The van der Waals surface area contributed by atoms with Crippen molar-refractivity contribution in [2.75, 3.05) is 31.7 Å². The van der Waals surface area contributed by atoms with Crippen LogP contribution in [-0.2, 0) is 9.53 Å². The number of para-hydroxylation sites is 1. The monoisotopic (exact) mass is 562 g/mol. The zero-order valence-corrected chi connectivity index (χ0v) is 23.4. The predicted octanol–water partition coefficient (Wildman–Crippen LogP) is 3.71. The Morgan fingerprint density at radius 1 is 1.20 bits per heavy atom. The number of carbonyl (C=O) groups excluding carboxylic acids is 1. The first-order valence-corrected chi connectivity index (χ1v) is 14.0. The summed E-state index contributed by atoms with van der Waals surface area (Å²) in [4.78, 5) is 45.6. The number of nitrogens with zero attached hydrogens (tertiary/aromatic N) is 4. The van der Waals surface area contributed by atoms with E-state index in [1.165, 1.54) is 35.1 Å². The van der Waals surface area contributed by atoms with Crippen molar-refractivity contribution in [3.05, 3.63) is 94.7 Å². The van der Waals surface area contributed by atoms with Crippen molar-refractivity contribution in [2.45, 2.75) is 39.2 Å². The van der Waals surface area contributed by atoms with Crippen molar-refractivity contribution in [3.8, 4) is 5.75 Å². The van der Waals surface area contributed by atoms with Crippen molar-refractivity contribution in [1.82, 2.24) is 4.57 Å². The summed E-state index contributed by atoms with van der Waals surface area (Å²) in [6.45, 7) is 5.30. The van der Waals surface area contributed by atoms with Gasteiger partial charge in [0.1, 0.15) is 11.8 Å². The van der Waals surface area contributed by atoms with Gasteiger partial charge in [-0.15, -0.1) is 0 Å². The Morgan fingerprint density at radius 3 is 2.65 bits per heavy atom. The molecule has 2 aliphatic heterocycles. The Bertz CT molecular complexity index is 1680. The van der Waals surface area contributed by atoms with Crippen LogP contribution >= 0.6 is 11.3 Å². The topological polar surface area (TPSA) is 116 Å². The number of nitro benzene ring substituents is 1. The number of allylic oxidation sites excluding steroid dienone is 1. The van der Waals surface area contributed by atoms with Crippen LogP contribution in [0.15, 0.2) is 63.5 Å². The predicted molar refractivity (Wildman–Crippen MR) is 153 cm³/mol. The van der Waals surface area contributed by atoms with E-state index in [0.29, 0.717) is 31.9 Å². The molecule has 1 saturated heterocycles. The Morgan fingerprint density at radius 2 is 1.95 bits per heavy atom. The van der Waals surface area contributed by atoms with E-state index >= 15 is 0 Å². The zero-order chi connectivity index (χ0) is 28.4. The fourth-order valence-electron chi connectivity index (χ4n) is 5.31. The summed E-state index contributed by atoms with van der Waals surface area (Å²) in [5.41, 5.74) is 2.37. The third-order valence-electron chi connectivity index (χ3n) is 7.16. The van der Waals surface area contributed by atoms with Crippen molar-refractivity contribution in [1.29, 1.82) is 0 Å². The highest BCUT2D eigenvalue weighted by atomic mass is 32.1. The third kappa shape index (κ3) is 5.04. The molecule has 2 aromatic carbocycles. The Kier molecular flexibility index (Phi) is 7.83. The minimum Gasteiger partial charge on any atom is -0.496 e. The van der Waals surface area contributed by atoms with Gasteiger partial charge >= 0.3 is 5.97 Å². The first-order chi connectivity index (χ1) is 19.3. The second-order valence-electron chi connectivity index (χ2n) is 9.59. The fraction of sp³-hybridized carbons (Fsp3) is 0.345. The molecule has 0 spiro atoms. The summed E-state index contributed by atoms with van der Waals surface area (Å²) in [5, 5.41) is 11.6. The van der Waals surface area contributed by atoms with E-state index in [1.807, 2.05) is 18.2 Å². The SMILES string of the molecule is CCOC(=O)C1=C(C)N=c2s/c(=C/c3cc([N+](=O)[O-])ccc3N3CCCCC3)c(=O)n2[C@@H]1c1ccccc1OC. The number of methoxy groups -OCH3 is 1. The second kappa shape index (κ2) is 11.5. The quantitative estimate of drug-likeness (QED) is 0.245. The molecule has 10 nitrogen and oxygen atoms in total. The van der Waals surface area contributed by atoms with Crippen molar-refractivity contribution < 1.29 is 19.2 Å². The van der Waals surface area contributed by atoms with E-state index in [9.17, 15) is 19.7 Å². The van der Waals surface area contributed by atoms with Crippen LogP contribution in [0.5, 0.6) is 5.75 Å². The van der Waals surface area contributed by atoms with Crippen LogP contribution in [0.4, 0.5) is 11.4 Å². The normalized spacial score (nSPS) is 17.3. The van der Waals surface area contributed by atoms with Gasteiger partial charge in [0.2, 0.25) is 0 Å². The van der Waals surface area contributed by atoms with E-state index in [1.54, 1.807) is 32.1 Å².